The number of hydrogen-bond donors (Lipinski definition) is 0. The number of aromatic nitrogens is 2. The fourth-order valence-corrected chi connectivity index (χ4v) is 1.66. The van der Waals surface area contributed by atoms with Gasteiger partial charge in [-0.2, -0.15) is 0 Å². The molecule has 0 unspecified atom stereocenters. The van der Waals surface area contributed by atoms with Crippen molar-refractivity contribution in [2.24, 2.45) is 0 Å². The molecule has 0 aliphatic rings. The normalized spacial score (nSPS) is 10.6. The molecule has 0 bridgehead atoms. The van der Waals surface area contributed by atoms with Crippen molar-refractivity contribution >= 4 is 17.4 Å². The monoisotopic (exact) mass is 243 g/mol. The lowest BCUT2D eigenvalue weighted by Crippen LogP contribution is -2.22. The van der Waals surface area contributed by atoms with Gasteiger partial charge in [0.15, 0.2) is 11.0 Å². The van der Waals surface area contributed by atoms with Gasteiger partial charge in [0, 0.05) is 27.3 Å². The molecule has 1 rings (SSSR count). The minimum atomic E-state index is 0.478. The van der Waals surface area contributed by atoms with E-state index in [9.17, 15) is 0 Å². The molecule has 0 amide bonds. The second-order valence-electron chi connectivity index (χ2n) is 3.83. The molecule has 1 aromatic rings. The van der Waals surface area contributed by atoms with Crippen LogP contribution in [0.25, 0.3) is 0 Å². The summed E-state index contributed by atoms with van der Waals surface area (Å²) < 4.78 is 5.02. The summed E-state index contributed by atoms with van der Waals surface area (Å²) in [6.07, 6.45) is 0.968. The van der Waals surface area contributed by atoms with Crippen molar-refractivity contribution < 1.29 is 4.74 Å². The number of anilines is 1. The van der Waals surface area contributed by atoms with Gasteiger partial charge in [-0.1, -0.05) is 11.6 Å². The van der Waals surface area contributed by atoms with Gasteiger partial charge in [0.05, 0.1) is 0 Å². The molecule has 0 aliphatic carbocycles. The Bertz CT molecular complexity index is 357. The minimum absolute atomic E-state index is 0.478. The van der Waals surface area contributed by atoms with Gasteiger partial charge in [-0.25, -0.2) is 0 Å². The van der Waals surface area contributed by atoms with Crippen LogP contribution in [0.15, 0.2) is 0 Å². The van der Waals surface area contributed by atoms with Crippen LogP contribution in [-0.4, -0.2) is 37.5 Å². The maximum absolute atomic E-state index is 5.91. The van der Waals surface area contributed by atoms with Crippen molar-refractivity contribution in [1.29, 1.82) is 0 Å². The van der Waals surface area contributed by atoms with Gasteiger partial charge in [0.25, 0.3) is 0 Å². The van der Waals surface area contributed by atoms with Crippen LogP contribution in [0.4, 0.5) is 5.82 Å². The lowest BCUT2D eigenvalue weighted by molar-refractivity contribution is 0.196. The first-order valence-electron chi connectivity index (χ1n) is 5.27. The molecular weight excluding hydrogens is 226 g/mol. The smallest absolute Gasteiger partial charge is 0.155 e. The number of halogens is 1. The van der Waals surface area contributed by atoms with Crippen molar-refractivity contribution in [3.63, 3.8) is 0 Å². The van der Waals surface area contributed by atoms with E-state index in [1.54, 1.807) is 7.11 Å². The summed E-state index contributed by atoms with van der Waals surface area (Å²) in [6.45, 7) is 5.62. The van der Waals surface area contributed by atoms with Crippen molar-refractivity contribution in [3.8, 4) is 0 Å². The molecular formula is C11H18ClN3O. The summed E-state index contributed by atoms with van der Waals surface area (Å²) >= 11 is 5.91. The lowest BCUT2D eigenvalue weighted by atomic mass is 10.2. The van der Waals surface area contributed by atoms with E-state index < -0.39 is 0 Å². The Kier molecular flexibility index (Phi) is 4.96. The summed E-state index contributed by atoms with van der Waals surface area (Å²) in [5.74, 6) is 0.887. The van der Waals surface area contributed by atoms with Crippen molar-refractivity contribution in [1.82, 2.24) is 10.2 Å². The van der Waals surface area contributed by atoms with Gasteiger partial charge in [-0.05, 0) is 31.4 Å². The maximum Gasteiger partial charge on any atom is 0.155 e. The standard InChI is InChI=1S/C11H18ClN3O/c1-8-9(2)11(14-13-10(8)12)15(3)6-5-7-16-4/h5-7H2,1-4H3. The topological polar surface area (TPSA) is 38.2 Å². The fraction of sp³-hybridized carbons (Fsp3) is 0.636. The summed E-state index contributed by atoms with van der Waals surface area (Å²) in [7, 11) is 3.71. The molecule has 0 saturated carbocycles. The SMILES string of the molecule is COCCCN(C)c1nnc(Cl)c(C)c1C. The van der Waals surface area contributed by atoms with Crippen LogP contribution in [0.5, 0.6) is 0 Å². The first-order valence-corrected chi connectivity index (χ1v) is 5.65. The van der Waals surface area contributed by atoms with Gasteiger partial charge < -0.3 is 9.64 Å². The third-order valence-corrected chi connectivity index (χ3v) is 3.00. The van der Waals surface area contributed by atoms with E-state index >= 15 is 0 Å². The Morgan fingerprint density at radius 3 is 2.56 bits per heavy atom. The average Bonchev–Trinajstić information content (AvgIpc) is 2.26. The molecule has 5 heteroatoms. The molecule has 0 N–H and O–H groups in total. The highest BCUT2D eigenvalue weighted by Gasteiger charge is 2.11. The van der Waals surface area contributed by atoms with E-state index in [4.69, 9.17) is 16.3 Å². The minimum Gasteiger partial charge on any atom is -0.385 e. The van der Waals surface area contributed by atoms with Crippen LogP contribution >= 0.6 is 11.6 Å². The highest BCUT2D eigenvalue weighted by molar-refractivity contribution is 6.30. The highest BCUT2D eigenvalue weighted by Crippen LogP contribution is 2.22. The van der Waals surface area contributed by atoms with Crippen molar-refractivity contribution in [2.75, 3.05) is 32.2 Å². The van der Waals surface area contributed by atoms with E-state index in [1.165, 1.54) is 0 Å². The third-order valence-electron chi connectivity index (χ3n) is 2.64. The molecule has 0 saturated heterocycles. The lowest BCUT2D eigenvalue weighted by Gasteiger charge is -2.20. The first-order chi connectivity index (χ1) is 7.57. The zero-order chi connectivity index (χ0) is 12.1. The Labute approximate surface area is 102 Å². The van der Waals surface area contributed by atoms with Crippen LogP contribution in [0.2, 0.25) is 5.15 Å². The van der Waals surface area contributed by atoms with Gasteiger partial charge in [0.2, 0.25) is 0 Å². The van der Waals surface area contributed by atoms with Crippen molar-refractivity contribution in [3.05, 3.63) is 16.3 Å². The second kappa shape index (κ2) is 6.01. The number of hydrogen-bond acceptors (Lipinski definition) is 4. The molecule has 16 heavy (non-hydrogen) atoms. The van der Waals surface area contributed by atoms with Crippen molar-refractivity contribution in [2.45, 2.75) is 20.3 Å². The van der Waals surface area contributed by atoms with Gasteiger partial charge >= 0.3 is 0 Å². The number of methoxy groups -OCH3 is 1. The van der Waals surface area contributed by atoms with Crippen LogP contribution < -0.4 is 4.90 Å². The molecule has 90 valence electrons. The Morgan fingerprint density at radius 1 is 1.25 bits per heavy atom. The Hall–Kier alpha value is -0.870. The zero-order valence-corrected chi connectivity index (χ0v) is 11.0. The highest BCUT2D eigenvalue weighted by atomic mass is 35.5. The molecule has 0 atom stereocenters. The Balaban J connectivity index is 2.76. The summed E-state index contributed by atoms with van der Waals surface area (Å²) in [5.41, 5.74) is 2.07. The predicted octanol–water partition coefficient (Wildman–Crippen LogP) is 2.22. The van der Waals surface area contributed by atoms with E-state index in [2.05, 4.69) is 15.1 Å². The van der Waals surface area contributed by atoms with Gasteiger partial charge in [0.1, 0.15) is 0 Å². The van der Waals surface area contributed by atoms with E-state index in [1.807, 2.05) is 20.9 Å². The largest absolute Gasteiger partial charge is 0.385 e. The Morgan fingerprint density at radius 2 is 1.94 bits per heavy atom. The molecule has 0 aliphatic heterocycles. The molecule has 0 spiro atoms. The fourth-order valence-electron chi connectivity index (χ4n) is 1.48. The van der Waals surface area contributed by atoms with Crippen LogP contribution in [-0.2, 0) is 4.74 Å². The van der Waals surface area contributed by atoms with E-state index in [-0.39, 0.29) is 0 Å². The van der Waals surface area contributed by atoms with Crippen LogP contribution in [0.3, 0.4) is 0 Å². The molecule has 4 nitrogen and oxygen atoms in total. The molecule has 0 fully saturated rings. The third kappa shape index (κ3) is 3.06. The first kappa shape index (κ1) is 13.2. The molecule has 1 aromatic heterocycles. The number of nitrogens with zero attached hydrogens (tertiary/aromatic N) is 3. The van der Waals surface area contributed by atoms with Gasteiger partial charge in [-0.3, -0.25) is 0 Å². The summed E-state index contributed by atoms with van der Waals surface area (Å²) in [6, 6.07) is 0. The summed E-state index contributed by atoms with van der Waals surface area (Å²) in [4.78, 5) is 2.07. The molecule has 0 radical (unpaired) electrons. The quantitative estimate of drug-likeness (QED) is 0.744. The van der Waals surface area contributed by atoms with Gasteiger partial charge in [-0.15, -0.1) is 10.2 Å². The zero-order valence-electron chi connectivity index (χ0n) is 10.2. The van der Waals surface area contributed by atoms with E-state index in [0.29, 0.717) is 5.15 Å². The van der Waals surface area contributed by atoms with Crippen LogP contribution in [0.1, 0.15) is 17.5 Å². The van der Waals surface area contributed by atoms with Crippen LogP contribution in [0, 0.1) is 13.8 Å². The molecule has 0 aromatic carbocycles. The van der Waals surface area contributed by atoms with E-state index in [0.717, 1.165) is 36.5 Å². The summed E-state index contributed by atoms with van der Waals surface area (Å²) in [5, 5.41) is 8.53. The number of ether oxygens (including phenoxy) is 1. The predicted molar refractivity (Wildman–Crippen MR) is 66.3 cm³/mol. The maximum atomic E-state index is 5.91. The average molecular weight is 244 g/mol. The number of rotatable bonds is 5. The second-order valence-corrected chi connectivity index (χ2v) is 4.19. The molecule has 1 heterocycles.